The molecule has 0 saturated carbocycles. The highest BCUT2D eigenvalue weighted by Crippen LogP contribution is 2.03. The zero-order valence-electron chi connectivity index (χ0n) is 22.6. The molecule has 0 spiro atoms. The van der Waals surface area contributed by atoms with Crippen LogP contribution in [0, 0.1) is 5.92 Å². The molecule has 0 fully saturated rings. The maximum Gasteiger partial charge on any atom is 0.305 e. The zero-order chi connectivity index (χ0) is 25.7. The van der Waals surface area contributed by atoms with E-state index in [-0.39, 0.29) is 5.97 Å². The summed E-state index contributed by atoms with van der Waals surface area (Å²) in [6, 6.07) is 0. The molecule has 9 nitrogen and oxygen atoms in total. The molecular formula is C26H52O9. The van der Waals surface area contributed by atoms with Gasteiger partial charge in [-0.2, -0.15) is 0 Å². The third-order valence-electron chi connectivity index (χ3n) is 5.06. The van der Waals surface area contributed by atoms with Gasteiger partial charge in [0, 0.05) is 13.0 Å². The SMILES string of the molecule is CCCCCCC(=O)OCCOCCOCCOCCOCCOCCOCCOCC(C)CC. The van der Waals surface area contributed by atoms with E-state index >= 15 is 0 Å². The maximum atomic E-state index is 11.5. The lowest BCUT2D eigenvalue weighted by atomic mass is 10.1. The largest absolute Gasteiger partial charge is 0.463 e. The van der Waals surface area contributed by atoms with Gasteiger partial charge in [-0.3, -0.25) is 4.79 Å². The van der Waals surface area contributed by atoms with E-state index in [2.05, 4.69) is 20.8 Å². The van der Waals surface area contributed by atoms with Crippen molar-refractivity contribution in [3.63, 3.8) is 0 Å². The molecule has 0 bridgehead atoms. The van der Waals surface area contributed by atoms with Gasteiger partial charge in [-0.15, -0.1) is 0 Å². The number of ether oxygens (including phenoxy) is 8. The maximum absolute atomic E-state index is 11.5. The Labute approximate surface area is 213 Å². The Balaban J connectivity index is 3.09. The van der Waals surface area contributed by atoms with Crippen LogP contribution in [0.1, 0.15) is 59.3 Å². The Morgan fingerprint density at radius 3 is 1.34 bits per heavy atom. The van der Waals surface area contributed by atoms with Gasteiger partial charge >= 0.3 is 5.97 Å². The average molecular weight is 509 g/mol. The first-order valence-electron chi connectivity index (χ1n) is 13.4. The van der Waals surface area contributed by atoms with Crippen molar-refractivity contribution in [2.75, 3.05) is 99.1 Å². The predicted octanol–water partition coefficient (Wildman–Crippen LogP) is 3.66. The molecule has 0 aliphatic rings. The van der Waals surface area contributed by atoms with E-state index in [4.69, 9.17) is 37.9 Å². The van der Waals surface area contributed by atoms with Crippen LogP contribution in [0.4, 0.5) is 0 Å². The molecule has 0 rings (SSSR count). The molecular weight excluding hydrogens is 456 g/mol. The third kappa shape index (κ3) is 29.3. The molecule has 35 heavy (non-hydrogen) atoms. The Kier molecular flexibility index (Phi) is 28.7. The van der Waals surface area contributed by atoms with Gasteiger partial charge in [0.2, 0.25) is 0 Å². The quantitative estimate of drug-likeness (QED) is 0.111. The molecule has 0 heterocycles. The molecule has 0 aliphatic heterocycles. The van der Waals surface area contributed by atoms with Gasteiger partial charge in [-0.1, -0.05) is 46.5 Å². The van der Waals surface area contributed by atoms with Gasteiger partial charge in [0.05, 0.1) is 85.9 Å². The zero-order valence-corrected chi connectivity index (χ0v) is 22.6. The molecule has 1 unspecified atom stereocenters. The molecule has 0 N–H and O–H groups in total. The van der Waals surface area contributed by atoms with Gasteiger partial charge in [-0.25, -0.2) is 0 Å². The molecule has 9 heteroatoms. The summed E-state index contributed by atoms with van der Waals surface area (Å²) in [5.41, 5.74) is 0. The van der Waals surface area contributed by atoms with Crippen molar-refractivity contribution in [3.05, 3.63) is 0 Å². The highest BCUT2D eigenvalue weighted by atomic mass is 16.6. The van der Waals surface area contributed by atoms with Crippen LogP contribution in [0.5, 0.6) is 0 Å². The predicted molar refractivity (Wildman–Crippen MR) is 135 cm³/mol. The average Bonchev–Trinajstić information content (AvgIpc) is 2.86. The minimum absolute atomic E-state index is 0.145. The molecule has 0 aromatic heterocycles. The first-order valence-corrected chi connectivity index (χ1v) is 13.4. The molecule has 1 atom stereocenters. The Bertz CT molecular complexity index is 424. The molecule has 0 radical (unpaired) electrons. The van der Waals surface area contributed by atoms with Gasteiger partial charge in [0.1, 0.15) is 6.61 Å². The van der Waals surface area contributed by atoms with Gasteiger partial charge in [0.15, 0.2) is 0 Å². The van der Waals surface area contributed by atoms with Crippen molar-refractivity contribution in [3.8, 4) is 0 Å². The summed E-state index contributed by atoms with van der Waals surface area (Å²) in [6.07, 6.45) is 5.93. The molecule has 0 aliphatic carbocycles. The lowest BCUT2D eigenvalue weighted by molar-refractivity contribution is -0.145. The molecule has 0 saturated heterocycles. The molecule has 0 aromatic rings. The number of hydrogen-bond donors (Lipinski definition) is 0. The van der Waals surface area contributed by atoms with Crippen LogP contribution in [0.2, 0.25) is 0 Å². The fourth-order valence-electron chi connectivity index (χ4n) is 2.70. The highest BCUT2D eigenvalue weighted by molar-refractivity contribution is 5.69. The van der Waals surface area contributed by atoms with Crippen molar-refractivity contribution in [1.82, 2.24) is 0 Å². The fourth-order valence-corrected chi connectivity index (χ4v) is 2.70. The van der Waals surface area contributed by atoms with E-state index in [0.717, 1.165) is 38.7 Å². The van der Waals surface area contributed by atoms with Crippen LogP contribution in [-0.2, 0) is 42.7 Å². The normalized spacial score (nSPS) is 12.2. The summed E-state index contributed by atoms with van der Waals surface area (Å²) in [5, 5.41) is 0. The van der Waals surface area contributed by atoms with Crippen LogP contribution in [0.3, 0.4) is 0 Å². The van der Waals surface area contributed by atoms with E-state index in [9.17, 15) is 4.79 Å². The molecule has 0 aromatic carbocycles. The second kappa shape index (κ2) is 29.4. The summed E-state index contributed by atoms with van der Waals surface area (Å²) in [5.74, 6) is 0.455. The van der Waals surface area contributed by atoms with E-state index in [0.29, 0.717) is 105 Å². The minimum Gasteiger partial charge on any atom is -0.463 e. The molecule has 0 amide bonds. The van der Waals surface area contributed by atoms with Gasteiger partial charge < -0.3 is 37.9 Å². The van der Waals surface area contributed by atoms with Crippen LogP contribution < -0.4 is 0 Å². The Morgan fingerprint density at radius 2 is 0.943 bits per heavy atom. The van der Waals surface area contributed by atoms with Crippen molar-refractivity contribution in [1.29, 1.82) is 0 Å². The standard InChI is InChI=1S/C26H52O9/c1-4-6-7-8-9-26(27)35-23-22-33-19-18-31-15-14-29-11-10-28-12-13-30-16-17-32-20-21-34-24-25(3)5-2/h25H,4-24H2,1-3H3. The van der Waals surface area contributed by atoms with Crippen molar-refractivity contribution in [2.45, 2.75) is 59.3 Å². The van der Waals surface area contributed by atoms with Crippen LogP contribution in [-0.4, -0.2) is 105 Å². The number of carbonyl (C=O) groups excluding carboxylic acids is 1. The van der Waals surface area contributed by atoms with E-state index in [1.54, 1.807) is 0 Å². The lowest BCUT2D eigenvalue weighted by Crippen LogP contribution is -2.15. The molecule has 210 valence electrons. The summed E-state index contributed by atoms with van der Waals surface area (Å²) in [6.45, 7) is 14.4. The Morgan fingerprint density at radius 1 is 0.543 bits per heavy atom. The number of esters is 1. The van der Waals surface area contributed by atoms with Crippen molar-refractivity contribution >= 4 is 5.97 Å². The monoisotopic (exact) mass is 508 g/mol. The van der Waals surface area contributed by atoms with Crippen molar-refractivity contribution < 1.29 is 42.7 Å². The number of unbranched alkanes of at least 4 members (excludes halogenated alkanes) is 3. The summed E-state index contributed by atoms with van der Waals surface area (Å²) >= 11 is 0. The van der Waals surface area contributed by atoms with Crippen LogP contribution >= 0.6 is 0 Å². The Hall–Kier alpha value is -0.810. The third-order valence-corrected chi connectivity index (χ3v) is 5.06. The van der Waals surface area contributed by atoms with Crippen LogP contribution in [0.15, 0.2) is 0 Å². The van der Waals surface area contributed by atoms with Crippen LogP contribution in [0.25, 0.3) is 0 Å². The first-order chi connectivity index (χ1) is 17.2. The van der Waals surface area contributed by atoms with Crippen molar-refractivity contribution in [2.24, 2.45) is 5.92 Å². The van der Waals surface area contributed by atoms with E-state index in [1.807, 2.05) is 0 Å². The first kappa shape index (κ1) is 34.2. The number of hydrogen-bond acceptors (Lipinski definition) is 9. The summed E-state index contributed by atoms with van der Waals surface area (Å²) < 4.78 is 43.2. The minimum atomic E-state index is -0.145. The smallest absolute Gasteiger partial charge is 0.305 e. The van der Waals surface area contributed by atoms with E-state index in [1.165, 1.54) is 0 Å². The second-order valence-corrected chi connectivity index (χ2v) is 8.29. The number of carbonyl (C=O) groups is 1. The van der Waals surface area contributed by atoms with E-state index < -0.39 is 0 Å². The van der Waals surface area contributed by atoms with Gasteiger partial charge in [-0.05, 0) is 12.3 Å². The summed E-state index contributed by atoms with van der Waals surface area (Å²) in [4.78, 5) is 11.5. The number of rotatable bonds is 29. The summed E-state index contributed by atoms with van der Waals surface area (Å²) in [7, 11) is 0. The van der Waals surface area contributed by atoms with Gasteiger partial charge in [0.25, 0.3) is 0 Å². The fraction of sp³-hybridized carbons (Fsp3) is 0.962. The highest BCUT2D eigenvalue weighted by Gasteiger charge is 2.02. The lowest BCUT2D eigenvalue weighted by Gasteiger charge is -2.10. The second-order valence-electron chi connectivity index (χ2n) is 8.29. The topological polar surface area (TPSA) is 90.9 Å².